The second-order valence-corrected chi connectivity index (χ2v) is 7.13. The molecule has 0 aromatic rings. The first-order chi connectivity index (χ1) is 12.5. The molecule has 0 fully saturated rings. The Balaban J connectivity index is 6.64. The first-order valence-corrected chi connectivity index (χ1v) is 8.57. The number of nitrogens with zero attached hydrogens (tertiary/aromatic N) is 1. The number of alkyl halides is 13. The van der Waals surface area contributed by atoms with Gasteiger partial charge in [-0.05, 0) is 13.3 Å². The lowest BCUT2D eigenvalue weighted by Crippen LogP contribution is -2.71. The molecule has 0 aliphatic heterocycles. The third kappa shape index (κ3) is 3.98. The first kappa shape index (κ1) is 28.0. The van der Waals surface area contributed by atoms with Crippen molar-refractivity contribution in [2.24, 2.45) is 0 Å². The maximum absolute atomic E-state index is 13.8. The van der Waals surface area contributed by atoms with E-state index in [0.717, 1.165) is 13.8 Å². The van der Waals surface area contributed by atoms with E-state index in [1.165, 1.54) is 0 Å². The molecule has 0 saturated carbocycles. The molecule has 0 radical (unpaired) electrons. The first-order valence-electron chi connectivity index (χ1n) is 7.13. The van der Waals surface area contributed by atoms with Crippen LogP contribution in [0.5, 0.6) is 0 Å². The highest BCUT2D eigenvalue weighted by Crippen LogP contribution is 2.61. The molecule has 0 bridgehead atoms. The fourth-order valence-electron chi connectivity index (χ4n) is 1.63. The normalized spacial score (nSPS) is 15.9. The van der Waals surface area contributed by atoms with Gasteiger partial charge in [0.15, 0.2) is 0 Å². The van der Waals surface area contributed by atoms with Gasteiger partial charge in [-0.2, -0.15) is 57.1 Å². The summed E-state index contributed by atoms with van der Waals surface area (Å²) in [5.74, 6) is -32.3. The molecule has 0 aliphatic rings. The Kier molecular flexibility index (Phi) is 7.62. The van der Waals surface area contributed by atoms with Crippen LogP contribution in [0.2, 0.25) is 0 Å². The zero-order chi connectivity index (χ0) is 23.9. The lowest BCUT2D eigenvalue weighted by molar-refractivity contribution is -0.433. The molecule has 0 amide bonds. The maximum Gasteiger partial charge on any atom is 0.460 e. The number of sulfonamides is 1. The second-order valence-electron chi connectivity index (χ2n) is 5.26. The van der Waals surface area contributed by atoms with Gasteiger partial charge in [0.1, 0.15) is 0 Å². The predicted molar refractivity (Wildman–Crippen MR) is 68.3 cm³/mol. The zero-order valence-corrected chi connectivity index (χ0v) is 14.9. The van der Waals surface area contributed by atoms with Crippen LogP contribution in [0.15, 0.2) is 0 Å². The van der Waals surface area contributed by atoms with Crippen LogP contribution in [-0.4, -0.2) is 61.2 Å². The molecular weight excluding hydrogens is 473 g/mol. The summed E-state index contributed by atoms with van der Waals surface area (Å²) in [6.07, 6.45) is -8.05. The van der Waals surface area contributed by atoms with Crippen LogP contribution in [0.4, 0.5) is 57.1 Å². The number of hydroxylamine groups is 1. The zero-order valence-electron chi connectivity index (χ0n) is 14.1. The second kappa shape index (κ2) is 7.90. The van der Waals surface area contributed by atoms with Crippen molar-refractivity contribution in [2.75, 3.05) is 13.2 Å². The van der Waals surface area contributed by atoms with Gasteiger partial charge in [0.25, 0.3) is 0 Å². The quantitative estimate of drug-likeness (QED) is 0.334. The molecule has 0 N–H and O–H groups in total. The van der Waals surface area contributed by atoms with Crippen molar-refractivity contribution in [3.05, 3.63) is 0 Å². The van der Waals surface area contributed by atoms with Crippen LogP contribution < -0.4 is 0 Å². The average Bonchev–Trinajstić information content (AvgIpc) is 2.52. The lowest BCUT2D eigenvalue weighted by Gasteiger charge is -2.40. The van der Waals surface area contributed by atoms with E-state index in [0.29, 0.717) is 0 Å². The van der Waals surface area contributed by atoms with Crippen LogP contribution in [0.3, 0.4) is 0 Å². The lowest BCUT2D eigenvalue weighted by atomic mass is 9.98. The van der Waals surface area contributed by atoms with Crippen molar-refractivity contribution in [2.45, 2.75) is 55.4 Å². The summed E-state index contributed by atoms with van der Waals surface area (Å²) >= 11 is 0. The Labute approximate surface area is 154 Å². The molecule has 0 aromatic carbocycles. The van der Waals surface area contributed by atoms with Gasteiger partial charge in [-0.25, -0.2) is 8.42 Å². The SMILES string of the molecule is CCCN(OCC)S(=O)(=O)C(F)(F)C(F)(F)C(F)(F)C(F)(F)C(F)(F)C(F)(F)F. The number of halogens is 13. The van der Waals surface area contributed by atoms with Crippen molar-refractivity contribution in [3.63, 3.8) is 0 Å². The van der Waals surface area contributed by atoms with E-state index in [-0.39, 0.29) is 0 Å². The molecule has 176 valence electrons. The summed E-state index contributed by atoms with van der Waals surface area (Å²) in [5, 5.41) is -7.29. The van der Waals surface area contributed by atoms with Gasteiger partial charge in [-0.3, -0.25) is 4.84 Å². The average molecular weight is 485 g/mol. The summed E-state index contributed by atoms with van der Waals surface area (Å²) in [4.78, 5) is 4.02. The topological polar surface area (TPSA) is 46.6 Å². The van der Waals surface area contributed by atoms with Crippen LogP contribution in [0.1, 0.15) is 20.3 Å². The highest BCUT2D eigenvalue weighted by Gasteiger charge is 2.92. The molecule has 0 aromatic heterocycles. The number of hydrogen-bond acceptors (Lipinski definition) is 3. The molecule has 0 unspecified atom stereocenters. The molecular formula is C11H12F13NO3S. The van der Waals surface area contributed by atoms with E-state index < -0.39 is 69.2 Å². The smallest absolute Gasteiger partial charge is 0.284 e. The Bertz CT molecular complexity index is 668. The van der Waals surface area contributed by atoms with Crippen molar-refractivity contribution in [3.8, 4) is 0 Å². The minimum atomic E-state index is -8.19. The minimum Gasteiger partial charge on any atom is -0.284 e. The fourth-order valence-corrected chi connectivity index (χ4v) is 3.00. The molecule has 0 spiro atoms. The Morgan fingerprint density at radius 1 is 0.690 bits per heavy atom. The molecule has 4 nitrogen and oxygen atoms in total. The Morgan fingerprint density at radius 2 is 1.07 bits per heavy atom. The largest absolute Gasteiger partial charge is 0.460 e. The highest BCUT2D eigenvalue weighted by molar-refractivity contribution is 7.90. The molecule has 0 rings (SSSR count). The third-order valence-corrected chi connectivity index (χ3v) is 4.90. The van der Waals surface area contributed by atoms with Crippen molar-refractivity contribution >= 4 is 10.0 Å². The maximum atomic E-state index is 13.8. The molecule has 0 aliphatic carbocycles. The van der Waals surface area contributed by atoms with Crippen LogP contribution in [0.25, 0.3) is 0 Å². The van der Waals surface area contributed by atoms with E-state index >= 15 is 0 Å². The fraction of sp³-hybridized carbons (Fsp3) is 1.00. The van der Waals surface area contributed by atoms with Gasteiger partial charge in [-0.1, -0.05) is 11.4 Å². The molecule has 18 heteroatoms. The Morgan fingerprint density at radius 3 is 1.38 bits per heavy atom. The van der Waals surface area contributed by atoms with Crippen LogP contribution >= 0.6 is 0 Å². The van der Waals surface area contributed by atoms with Gasteiger partial charge >= 0.3 is 45.1 Å². The molecule has 29 heavy (non-hydrogen) atoms. The standard InChI is InChI=1S/C11H12F13NO3S/c1-3-5-25(28-4-2)29(26,27)11(23,24)9(18,19)7(14,15)6(12,13)8(16,17)10(20,21)22/h3-5H2,1-2H3. The number of rotatable bonds is 10. The van der Waals surface area contributed by atoms with E-state index in [2.05, 4.69) is 4.84 Å². The highest BCUT2D eigenvalue weighted by atomic mass is 32.2. The summed E-state index contributed by atoms with van der Waals surface area (Å²) in [5.41, 5.74) is 0. The van der Waals surface area contributed by atoms with Crippen molar-refractivity contribution < 1.29 is 70.3 Å². The minimum absolute atomic E-state index is 0.473. The summed E-state index contributed by atoms with van der Waals surface area (Å²) in [6.45, 7) is -0.104. The van der Waals surface area contributed by atoms with Gasteiger partial charge in [-0.15, -0.1) is 0 Å². The summed E-state index contributed by atoms with van der Waals surface area (Å²) < 4.78 is 191. The van der Waals surface area contributed by atoms with E-state index in [1.54, 1.807) is 0 Å². The van der Waals surface area contributed by atoms with Gasteiger partial charge in [0, 0.05) is 6.54 Å². The summed E-state index contributed by atoms with van der Waals surface area (Å²) in [6, 6.07) is 0. The van der Waals surface area contributed by atoms with Gasteiger partial charge in [0.2, 0.25) is 0 Å². The molecule has 0 heterocycles. The van der Waals surface area contributed by atoms with Crippen LogP contribution in [-0.2, 0) is 14.9 Å². The van der Waals surface area contributed by atoms with Crippen molar-refractivity contribution in [1.29, 1.82) is 0 Å². The summed E-state index contributed by atoms with van der Waals surface area (Å²) in [7, 11) is -7.12. The van der Waals surface area contributed by atoms with Gasteiger partial charge < -0.3 is 0 Å². The Hall–Kier alpha value is -1.04. The predicted octanol–water partition coefficient (Wildman–Crippen LogP) is 4.68. The molecule has 0 saturated heterocycles. The van der Waals surface area contributed by atoms with Crippen LogP contribution in [0, 0.1) is 0 Å². The monoisotopic (exact) mass is 485 g/mol. The van der Waals surface area contributed by atoms with E-state index in [1.807, 2.05) is 0 Å². The van der Waals surface area contributed by atoms with E-state index in [9.17, 15) is 65.5 Å². The number of hydrogen-bond donors (Lipinski definition) is 0. The van der Waals surface area contributed by atoms with Crippen molar-refractivity contribution in [1.82, 2.24) is 4.47 Å². The third-order valence-electron chi connectivity index (χ3n) is 3.18. The van der Waals surface area contributed by atoms with Gasteiger partial charge in [0.05, 0.1) is 6.61 Å². The molecule has 0 atom stereocenters. The van der Waals surface area contributed by atoms with E-state index in [4.69, 9.17) is 0 Å².